The van der Waals surface area contributed by atoms with E-state index >= 15 is 0 Å². The summed E-state index contributed by atoms with van der Waals surface area (Å²) < 4.78 is 37.0. The second-order valence-electron chi connectivity index (χ2n) is 5.16. The van der Waals surface area contributed by atoms with Gasteiger partial charge in [0.25, 0.3) is 10.0 Å². The smallest absolute Gasteiger partial charge is 0.250 e. The molecule has 1 aromatic heterocycles. The van der Waals surface area contributed by atoms with Crippen LogP contribution in [0.15, 0.2) is 34.5 Å². The molecule has 1 aromatic carbocycles. The van der Waals surface area contributed by atoms with Crippen LogP contribution >= 0.6 is 11.3 Å². The maximum Gasteiger partial charge on any atom is 0.250 e. The monoisotopic (exact) mass is 384 g/mol. The first kappa shape index (κ1) is 19.2. The van der Waals surface area contributed by atoms with Gasteiger partial charge in [0.2, 0.25) is 5.91 Å². The molecule has 0 aliphatic carbocycles. The number of sulfonamides is 1. The van der Waals surface area contributed by atoms with E-state index in [4.69, 9.17) is 9.47 Å². The number of ether oxygens (including phenoxy) is 2. The molecule has 0 radical (unpaired) electrons. The zero-order chi connectivity index (χ0) is 18.4. The number of aryl methyl sites for hydroxylation is 1. The molecule has 136 valence electrons. The van der Waals surface area contributed by atoms with Crippen LogP contribution in [-0.2, 0) is 21.4 Å². The maximum absolute atomic E-state index is 12.1. The predicted molar refractivity (Wildman–Crippen MR) is 95.6 cm³/mol. The van der Waals surface area contributed by atoms with Crippen molar-refractivity contribution >= 4 is 27.3 Å². The lowest BCUT2D eigenvalue weighted by Gasteiger charge is -2.10. The van der Waals surface area contributed by atoms with Gasteiger partial charge >= 0.3 is 0 Å². The van der Waals surface area contributed by atoms with E-state index in [2.05, 4.69) is 10.0 Å². The van der Waals surface area contributed by atoms with Crippen molar-refractivity contribution in [3.05, 3.63) is 40.8 Å². The minimum absolute atomic E-state index is 0.192. The Morgan fingerprint density at radius 3 is 2.44 bits per heavy atom. The summed E-state index contributed by atoms with van der Waals surface area (Å²) in [6.45, 7) is 1.74. The van der Waals surface area contributed by atoms with Crippen molar-refractivity contribution in [2.24, 2.45) is 0 Å². The number of thiophene rings is 1. The van der Waals surface area contributed by atoms with Gasteiger partial charge in [-0.3, -0.25) is 4.79 Å². The fourth-order valence-electron chi connectivity index (χ4n) is 2.04. The highest BCUT2D eigenvalue weighted by Crippen LogP contribution is 2.27. The van der Waals surface area contributed by atoms with Crippen molar-refractivity contribution in [3.63, 3.8) is 0 Å². The van der Waals surface area contributed by atoms with Crippen LogP contribution in [0.1, 0.15) is 10.4 Å². The number of rotatable bonds is 8. The number of methoxy groups -OCH3 is 2. The Kier molecular flexibility index (Phi) is 6.40. The number of hydrogen-bond acceptors (Lipinski definition) is 6. The number of hydrogen-bond donors (Lipinski definition) is 2. The third-order valence-electron chi connectivity index (χ3n) is 3.34. The molecule has 2 aromatic rings. The molecule has 0 saturated heterocycles. The summed E-state index contributed by atoms with van der Waals surface area (Å²) in [7, 11) is -0.595. The zero-order valence-corrected chi connectivity index (χ0v) is 15.8. The Bertz CT molecular complexity index is 846. The lowest BCUT2D eigenvalue weighted by Crippen LogP contribution is -2.36. The normalized spacial score (nSPS) is 11.2. The third-order valence-corrected chi connectivity index (χ3v) is 6.23. The minimum atomic E-state index is -3.67. The van der Waals surface area contributed by atoms with Gasteiger partial charge < -0.3 is 14.8 Å². The quantitative estimate of drug-likeness (QED) is 0.722. The highest BCUT2D eigenvalue weighted by molar-refractivity contribution is 7.91. The van der Waals surface area contributed by atoms with E-state index < -0.39 is 15.9 Å². The molecule has 1 heterocycles. The van der Waals surface area contributed by atoms with Crippen molar-refractivity contribution in [1.82, 2.24) is 10.0 Å². The van der Waals surface area contributed by atoms with Crippen molar-refractivity contribution < 1.29 is 22.7 Å². The van der Waals surface area contributed by atoms with E-state index in [9.17, 15) is 13.2 Å². The highest BCUT2D eigenvalue weighted by Gasteiger charge is 2.17. The number of nitrogens with one attached hydrogen (secondary N) is 2. The Morgan fingerprint density at radius 2 is 1.84 bits per heavy atom. The molecule has 0 spiro atoms. The van der Waals surface area contributed by atoms with Crippen molar-refractivity contribution in [3.8, 4) is 11.5 Å². The van der Waals surface area contributed by atoms with E-state index in [-0.39, 0.29) is 17.3 Å². The summed E-state index contributed by atoms with van der Waals surface area (Å²) >= 11 is 1.16. The van der Waals surface area contributed by atoms with Crippen LogP contribution in [0.4, 0.5) is 0 Å². The predicted octanol–water partition coefficient (Wildman–Crippen LogP) is 1.67. The first-order valence-corrected chi connectivity index (χ1v) is 9.69. The Balaban J connectivity index is 1.89. The average molecular weight is 384 g/mol. The van der Waals surface area contributed by atoms with Crippen molar-refractivity contribution in [2.75, 3.05) is 20.8 Å². The van der Waals surface area contributed by atoms with Gasteiger partial charge in [-0.15, -0.1) is 11.3 Å². The fraction of sp³-hybridized carbons (Fsp3) is 0.312. The van der Waals surface area contributed by atoms with Gasteiger partial charge in [0.15, 0.2) is 11.5 Å². The van der Waals surface area contributed by atoms with Gasteiger partial charge in [0.05, 0.1) is 20.8 Å². The summed E-state index contributed by atoms with van der Waals surface area (Å²) in [6.07, 6.45) is 0. The van der Waals surface area contributed by atoms with Crippen LogP contribution < -0.4 is 19.5 Å². The Labute approximate surface area is 151 Å². The van der Waals surface area contributed by atoms with Gasteiger partial charge in [0, 0.05) is 11.4 Å². The summed E-state index contributed by atoms with van der Waals surface area (Å²) in [4.78, 5) is 12.8. The van der Waals surface area contributed by atoms with E-state index in [1.54, 1.807) is 31.4 Å². The highest BCUT2D eigenvalue weighted by atomic mass is 32.2. The molecule has 7 nitrogen and oxygen atoms in total. The molecular formula is C16H20N2O5S2. The maximum atomic E-state index is 12.1. The molecule has 0 aliphatic heterocycles. The van der Waals surface area contributed by atoms with E-state index in [1.165, 1.54) is 13.2 Å². The number of carbonyl (C=O) groups excluding carboxylic acids is 1. The fourth-order valence-corrected chi connectivity index (χ4v) is 4.35. The lowest BCUT2D eigenvalue weighted by atomic mass is 10.2. The molecule has 2 N–H and O–H groups in total. The number of amides is 1. The molecule has 2 rings (SSSR count). The molecular weight excluding hydrogens is 364 g/mol. The van der Waals surface area contributed by atoms with Crippen LogP contribution in [0.25, 0.3) is 0 Å². The van der Waals surface area contributed by atoms with Crippen molar-refractivity contribution in [1.29, 1.82) is 0 Å². The zero-order valence-electron chi connectivity index (χ0n) is 14.2. The number of carbonyl (C=O) groups is 1. The van der Waals surface area contributed by atoms with Crippen LogP contribution in [0.5, 0.6) is 11.5 Å². The molecule has 1 amide bonds. The standard InChI is InChI=1S/C16H20N2O5S2/c1-11-4-7-16(24-11)25(20,21)18-10-15(19)17-9-12-5-6-13(22-2)14(8-12)23-3/h4-8,18H,9-10H2,1-3H3,(H,17,19). The third kappa shape index (κ3) is 5.18. The van der Waals surface area contributed by atoms with Crippen LogP contribution in [0.3, 0.4) is 0 Å². The molecule has 0 aliphatic rings. The second kappa shape index (κ2) is 8.32. The summed E-state index contributed by atoms with van der Waals surface area (Å²) in [5, 5.41) is 2.66. The Hall–Kier alpha value is -2.10. The van der Waals surface area contributed by atoms with Gasteiger partial charge in [0.1, 0.15) is 4.21 Å². The van der Waals surface area contributed by atoms with Gasteiger partial charge in [-0.25, -0.2) is 13.1 Å². The molecule has 9 heteroatoms. The van der Waals surface area contributed by atoms with Gasteiger partial charge in [-0.05, 0) is 36.8 Å². The molecule has 25 heavy (non-hydrogen) atoms. The van der Waals surface area contributed by atoms with E-state index in [1.807, 2.05) is 6.92 Å². The van der Waals surface area contributed by atoms with Crippen molar-refractivity contribution in [2.45, 2.75) is 17.7 Å². The largest absolute Gasteiger partial charge is 0.493 e. The summed E-state index contributed by atoms with van der Waals surface area (Å²) in [5.41, 5.74) is 0.808. The minimum Gasteiger partial charge on any atom is -0.493 e. The first-order chi connectivity index (χ1) is 11.9. The van der Waals surface area contributed by atoms with Crippen LogP contribution in [-0.4, -0.2) is 35.1 Å². The van der Waals surface area contributed by atoms with Crippen LogP contribution in [0, 0.1) is 6.92 Å². The molecule has 0 bridgehead atoms. The molecule has 0 unspecified atom stereocenters. The summed E-state index contributed by atoms with van der Waals surface area (Å²) in [6, 6.07) is 8.51. The number of benzene rings is 1. The topological polar surface area (TPSA) is 93.7 Å². The molecule has 0 fully saturated rings. The van der Waals surface area contributed by atoms with Crippen LogP contribution in [0.2, 0.25) is 0 Å². The van der Waals surface area contributed by atoms with Gasteiger partial charge in [-0.2, -0.15) is 0 Å². The average Bonchev–Trinajstić information content (AvgIpc) is 3.05. The van der Waals surface area contributed by atoms with Gasteiger partial charge in [-0.1, -0.05) is 6.07 Å². The van der Waals surface area contributed by atoms with E-state index in [0.717, 1.165) is 21.8 Å². The van der Waals surface area contributed by atoms with E-state index in [0.29, 0.717) is 11.5 Å². The molecule has 0 atom stereocenters. The second-order valence-corrected chi connectivity index (χ2v) is 8.44. The molecule has 0 saturated carbocycles. The Morgan fingerprint density at radius 1 is 1.12 bits per heavy atom. The first-order valence-electron chi connectivity index (χ1n) is 7.39. The SMILES string of the molecule is COc1ccc(CNC(=O)CNS(=O)(=O)c2ccc(C)s2)cc1OC. The lowest BCUT2D eigenvalue weighted by molar-refractivity contribution is -0.120. The summed E-state index contributed by atoms with van der Waals surface area (Å²) in [5.74, 6) is 0.728.